The van der Waals surface area contributed by atoms with Crippen molar-refractivity contribution in [2.75, 3.05) is 5.32 Å². The maximum atomic E-state index is 12.1. The van der Waals surface area contributed by atoms with E-state index in [4.69, 9.17) is 16.9 Å². The highest BCUT2D eigenvalue weighted by Gasteiger charge is 2.24. The average Bonchev–Trinajstić information content (AvgIpc) is 2.54. The number of para-hydroxylation sites is 1. The van der Waals surface area contributed by atoms with Crippen LogP contribution in [-0.4, -0.2) is 11.7 Å². The van der Waals surface area contributed by atoms with Crippen LogP contribution in [0.4, 0.5) is 5.69 Å². The molecule has 5 heteroatoms. The molecule has 114 valence electrons. The molecule has 2 rings (SSSR count). The van der Waals surface area contributed by atoms with Crippen LogP contribution in [0.2, 0.25) is 5.02 Å². The number of allylic oxidation sites excluding steroid dienone is 1. The van der Waals surface area contributed by atoms with Crippen molar-refractivity contribution >= 4 is 35.1 Å². The van der Waals surface area contributed by atoms with Gasteiger partial charge in [-0.1, -0.05) is 48.0 Å². The lowest BCUT2D eigenvalue weighted by atomic mass is 10.0. The highest BCUT2D eigenvalue weighted by Crippen LogP contribution is 2.13. The smallest absolute Gasteiger partial charge is 0.249 e. The van der Waals surface area contributed by atoms with Crippen LogP contribution in [0, 0.1) is 17.2 Å². The first-order valence-electron chi connectivity index (χ1n) is 6.83. The second-order valence-electron chi connectivity index (χ2n) is 4.71. The van der Waals surface area contributed by atoms with Crippen LogP contribution in [0.3, 0.4) is 0 Å². The SMILES string of the molecule is N#C[C@H](C(=O)/C=C/c1cccc(Cl)c1)C(=O)Nc1ccccc1. The van der Waals surface area contributed by atoms with Gasteiger partial charge in [0.25, 0.3) is 0 Å². The molecule has 0 heterocycles. The number of hydrogen-bond donors (Lipinski definition) is 1. The van der Waals surface area contributed by atoms with Gasteiger partial charge in [0.1, 0.15) is 0 Å². The fourth-order valence-electron chi connectivity index (χ4n) is 1.87. The third-order valence-corrected chi connectivity index (χ3v) is 3.24. The molecule has 0 saturated carbocycles. The molecule has 0 aliphatic carbocycles. The predicted molar refractivity (Wildman–Crippen MR) is 89.7 cm³/mol. The number of rotatable bonds is 5. The Bertz CT molecular complexity index is 779. The van der Waals surface area contributed by atoms with Gasteiger partial charge < -0.3 is 5.32 Å². The van der Waals surface area contributed by atoms with E-state index in [2.05, 4.69) is 5.32 Å². The molecule has 1 N–H and O–H groups in total. The summed E-state index contributed by atoms with van der Waals surface area (Å²) in [5, 5.41) is 12.2. The van der Waals surface area contributed by atoms with Crippen LogP contribution >= 0.6 is 11.6 Å². The minimum Gasteiger partial charge on any atom is -0.325 e. The summed E-state index contributed by atoms with van der Waals surface area (Å²) >= 11 is 5.86. The highest BCUT2D eigenvalue weighted by molar-refractivity contribution is 6.30. The lowest BCUT2D eigenvalue weighted by Crippen LogP contribution is -2.27. The Morgan fingerprint density at radius 2 is 1.87 bits per heavy atom. The third-order valence-electron chi connectivity index (χ3n) is 3.01. The van der Waals surface area contributed by atoms with Crippen molar-refractivity contribution in [3.8, 4) is 6.07 Å². The van der Waals surface area contributed by atoms with E-state index in [9.17, 15) is 9.59 Å². The highest BCUT2D eigenvalue weighted by atomic mass is 35.5. The standard InChI is InChI=1S/C18H13ClN2O2/c19-14-6-4-5-13(11-14)9-10-17(22)16(12-20)18(23)21-15-7-2-1-3-8-15/h1-11,16H,(H,21,23)/b10-9+/t16-/m1/s1. The fraction of sp³-hybridized carbons (Fsp3) is 0.0556. The number of hydrogen-bond acceptors (Lipinski definition) is 3. The van der Waals surface area contributed by atoms with Crippen molar-refractivity contribution in [3.63, 3.8) is 0 Å². The second kappa shape index (κ2) is 7.92. The van der Waals surface area contributed by atoms with Crippen molar-refractivity contribution in [2.45, 2.75) is 0 Å². The van der Waals surface area contributed by atoms with Gasteiger partial charge in [-0.3, -0.25) is 9.59 Å². The molecule has 0 aliphatic rings. The molecule has 0 fully saturated rings. The van der Waals surface area contributed by atoms with Gasteiger partial charge in [-0.2, -0.15) is 5.26 Å². The first kappa shape index (κ1) is 16.5. The third kappa shape index (κ3) is 4.80. The summed E-state index contributed by atoms with van der Waals surface area (Å²) in [6.07, 6.45) is 2.73. The van der Waals surface area contributed by atoms with Crippen LogP contribution in [0.15, 0.2) is 60.7 Å². The Morgan fingerprint density at radius 3 is 2.52 bits per heavy atom. The van der Waals surface area contributed by atoms with E-state index in [-0.39, 0.29) is 0 Å². The Labute approximate surface area is 139 Å². The van der Waals surface area contributed by atoms with Gasteiger partial charge in [0.15, 0.2) is 11.7 Å². The summed E-state index contributed by atoms with van der Waals surface area (Å²) in [6.45, 7) is 0. The molecule has 0 radical (unpaired) electrons. The van der Waals surface area contributed by atoms with E-state index in [1.54, 1.807) is 60.7 Å². The molecule has 4 nitrogen and oxygen atoms in total. The normalized spacial score (nSPS) is 11.7. The van der Waals surface area contributed by atoms with E-state index in [1.807, 2.05) is 0 Å². The maximum Gasteiger partial charge on any atom is 0.249 e. The monoisotopic (exact) mass is 324 g/mol. The van der Waals surface area contributed by atoms with E-state index in [1.165, 1.54) is 12.2 Å². The molecular formula is C18H13ClN2O2. The molecule has 2 aromatic carbocycles. The molecule has 0 unspecified atom stereocenters. The molecule has 0 bridgehead atoms. The number of amides is 1. The first-order chi connectivity index (χ1) is 11.1. The number of nitriles is 1. The van der Waals surface area contributed by atoms with Crippen LogP contribution < -0.4 is 5.32 Å². The molecule has 1 amide bonds. The number of carbonyl (C=O) groups is 2. The number of carbonyl (C=O) groups excluding carboxylic acids is 2. The average molecular weight is 325 g/mol. The minimum absolute atomic E-state index is 0.532. The summed E-state index contributed by atoms with van der Waals surface area (Å²) in [5.41, 5.74) is 1.25. The zero-order valence-electron chi connectivity index (χ0n) is 12.1. The molecular weight excluding hydrogens is 312 g/mol. The Kier molecular flexibility index (Phi) is 5.67. The number of nitrogens with one attached hydrogen (secondary N) is 1. The van der Waals surface area contributed by atoms with Gasteiger partial charge in [-0.15, -0.1) is 0 Å². The van der Waals surface area contributed by atoms with Crippen molar-refractivity contribution in [1.29, 1.82) is 5.26 Å². The van der Waals surface area contributed by atoms with Crippen LogP contribution in [0.1, 0.15) is 5.56 Å². The van der Waals surface area contributed by atoms with Gasteiger partial charge in [0.2, 0.25) is 5.91 Å². The van der Waals surface area contributed by atoms with E-state index >= 15 is 0 Å². The minimum atomic E-state index is -1.40. The predicted octanol–water partition coefficient (Wildman–Crippen LogP) is 3.70. The van der Waals surface area contributed by atoms with E-state index < -0.39 is 17.6 Å². The van der Waals surface area contributed by atoms with Gasteiger partial charge in [-0.25, -0.2) is 0 Å². The number of nitrogens with zero attached hydrogens (tertiary/aromatic N) is 1. The zero-order chi connectivity index (χ0) is 16.7. The Balaban J connectivity index is 2.06. The summed E-state index contributed by atoms with van der Waals surface area (Å²) in [4.78, 5) is 24.1. The van der Waals surface area contributed by atoms with Crippen molar-refractivity contribution in [3.05, 3.63) is 71.3 Å². The molecule has 0 aliphatic heterocycles. The summed E-state index contributed by atoms with van der Waals surface area (Å²) in [6, 6.07) is 17.3. The van der Waals surface area contributed by atoms with E-state index in [0.717, 1.165) is 0 Å². The van der Waals surface area contributed by atoms with Gasteiger partial charge in [0, 0.05) is 10.7 Å². The summed E-state index contributed by atoms with van der Waals surface area (Å²) < 4.78 is 0. The molecule has 0 spiro atoms. The second-order valence-corrected chi connectivity index (χ2v) is 5.14. The summed E-state index contributed by atoms with van der Waals surface area (Å²) in [5.74, 6) is -2.63. The number of benzene rings is 2. The number of ketones is 1. The summed E-state index contributed by atoms with van der Waals surface area (Å²) in [7, 11) is 0. The van der Waals surface area contributed by atoms with Crippen LogP contribution in [0.25, 0.3) is 6.08 Å². The fourth-order valence-corrected chi connectivity index (χ4v) is 2.07. The first-order valence-corrected chi connectivity index (χ1v) is 7.21. The molecule has 0 saturated heterocycles. The van der Waals surface area contributed by atoms with Gasteiger partial charge in [0.05, 0.1) is 6.07 Å². The largest absolute Gasteiger partial charge is 0.325 e. The van der Waals surface area contributed by atoms with E-state index in [0.29, 0.717) is 16.3 Å². The molecule has 23 heavy (non-hydrogen) atoms. The van der Waals surface area contributed by atoms with Crippen LogP contribution in [-0.2, 0) is 9.59 Å². The van der Waals surface area contributed by atoms with Gasteiger partial charge >= 0.3 is 0 Å². The molecule has 2 aromatic rings. The topological polar surface area (TPSA) is 70.0 Å². The Hall–Kier alpha value is -2.90. The Morgan fingerprint density at radius 1 is 1.13 bits per heavy atom. The molecule has 1 atom stereocenters. The van der Waals surface area contributed by atoms with Gasteiger partial charge in [-0.05, 0) is 35.9 Å². The van der Waals surface area contributed by atoms with Crippen LogP contribution in [0.5, 0.6) is 0 Å². The quantitative estimate of drug-likeness (QED) is 0.673. The maximum absolute atomic E-state index is 12.1. The number of anilines is 1. The van der Waals surface area contributed by atoms with Crippen molar-refractivity contribution < 1.29 is 9.59 Å². The molecule has 0 aromatic heterocycles. The lowest BCUT2D eigenvalue weighted by Gasteiger charge is -2.07. The number of halogens is 1. The van der Waals surface area contributed by atoms with Crippen molar-refractivity contribution in [2.24, 2.45) is 5.92 Å². The zero-order valence-corrected chi connectivity index (χ0v) is 12.8. The van der Waals surface area contributed by atoms with Crippen molar-refractivity contribution in [1.82, 2.24) is 0 Å². The lowest BCUT2D eigenvalue weighted by molar-refractivity contribution is -0.126.